The summed E-state index contributed by atoms with van der Waals surface area (Å²) < 4.78 is 27.9. The average Bonchev–Trinajstić information content (AvgIpc) is 3.18. The van der Waals surface area contributed by atoms with Crippen molar-refractivity contribution in [3.05, 3.63) is 79.9 Å². The van der Waals surface area contributed by atoms with Gasteiger partial charge in [0.15, 0.2) is 0 Å². The molecule has 10 nitrogen and oxygen atoms in total. The maximum Gasteiger partial charge on any atom is 0.333 e. The number of urea groups is 1. The number of fused-ring (bicyclic) bond motifs is 1. The molecule has 2 aromatic heterocycles. The topological polar surface area (TPSA) is 139 Å². The van der Waals surface area contributed by atoms with Gasteiger partial charge in [-0.25, -0.2) is 17.9 Å². The van der Waals surface area contributed by atoms with Gasteiger partial charge in [0.2, 0.25) is 0 Å². The van der Waals surface area contributed by atoms with Crippen molar-refractivity contribution in [3.8, 4) is 5.69 Å². The molecule has 35 heavy (non-hydrogen) atoms. The number of nitrogens with one attached hydrogen (secondary N) is 3. The molecule has 0 atom stereocenters. The molecule has 4 rings (SSSR count). The molecular weight excluding hydrogens is 514 g/mol. The van der Waals surface area contributed by atoms with E-state index in [0.717, 1.165) is 17.0 Å². The Morgan fingerprint density at radius 1 is 1.06 bits per heavy atom. The van der Waals surface area contributed by atoms with Crippen LogP contribution in [0, 0.1) is 11.8 Å². The molecule has 3 N–H and O–H groups in total. The second-order valence-electron chi connectivity index (χ2n) is 7.37. The number of nitrogens with zero attached hydrogens (tertiary/aromatic N) is 2. The number of thiophene rings is 1. The summed E-state index contributed by atoms with van der Waals surface area (Å²) in [5, 5.41) is 9.47. The third-order valence-electron chi connectivity index (χ3n) is 5.11. The van der Waals surface area contributed by atoms with Crippen LogP contribution < -0.4 is 20.9 Å². The highest BCUT2D eigenvalue weighted by Gasteiger charge is 2.21. The zero-order valence-corrected chi connectivity index (χ0v) is 20.7. The van der Waals surface area contributed by atoms with Crippen molar-refractivity contribution in [3.63, 3.8) is 0 Å². The van der Waals surface area contributed by atoms with Crippen molar-refractivity contribution < 1.29 is 13.2 Å². The number of hydrogen-bond donors (Lipinski definition) is 3. The maximum atomic E-state index is 13.0. The second-order valence-corrected chi connectivity index (χ2v) is 10.9. The van der Waals surface area contributed by atoms with Gasteiger partial charge in [0, 0.05) is 46.0 Å². The van der Waals surface area contributed by atoms with Crippen LogP contribution in [0.3, 0.4) is 0 Å². The van der Waals surface area contributed by atoms with Gasteiger partial charge in [0.25, 0.3) is 15.6 Å². The van der Waals surface area contributed by atoms with E-state index in [0.29, 0.717) is 26.4 Å². The Labute approximate surface area is 208 Å². The molecule has 0 radical (unpaired) electrons. The van der Waals surface area contributed by atoms with Crippen LogP contribution in [0.4, 0.5) is 21.9 Å². The van der Waals surface area contributed by atoms with E-state index in [2.05, 4.69) is 15.8 Å². The summed E-state index contributed by atoms with van der Waals surface area (Å²) >= 11 is 6.86. The molecule has 0 bridgehead atoms. The summed E-state index contributed by atoms with van der Waals surface area (Å²) in [5.74, 6) is 0. The fourth-order valence-corrected chi connectivity index (χ4v) is 5.94. The minimum absolute atomic E-state index is 0.0809. The van der Waals surface area contributed by atoms with Gasteiger partial charge in [-0.05, 0) is 60.6 Å². The number of pyridine rings is 1. The van der Waals surface area contributed by atoms with Crippen LogP contribution in [0.5, 0.6) is 0 Å². The molecular formula is C22H18ClN5O5S2. The van der Waals surface area contributed by atoms with Gasteiger partial charge in [-0.3, -0.25) is 9.36 Å². The summed E-state index contributed by atoms with van der Waals surface area (Å²) in [6.45, 7) is 1.67. The molecule has 0 aliphatic carbocycles. The third kappa shape index (κ3) is 4.90. The molecule has 0 aliphatic rings. The summed E-state index contributed by atoms with van der Waals surface area (Å²) in [6.07, 6.45) is 1.34. The highest BCUT2D eigenvalue weighted by molar-refractivity contribution is 7.92. The molecule has 0 spiro atoms. The molecule has 4 aromatic rings. The lowest BCUT2D eigenvalue weighted by Gasteiger charge is -2.11. The molecule has 0 saturated carbocycles. The first-order valence-electron chi connectivity index (χ1n) is 10.0. The zero-order valence-electron chi connectivity index (χ0n) is 18.3. The van der Waals surface area contributed by atoms with Gasteiger partial charge in [-0.2, -0.15) is 0 Å². The number of rotatable bonds is 6. The molecule has 13 heteroatoms. The van der Waals surface area contributed by atoms with E-state index >= 15 is 0 Å². The highest BCUT2D eigenvalue weighted by Crippen LogP contribution is 2.29. The number of nitroso groups, excluding NO2 is 1. The van der Waals surface area contributed by atoms with E-state index in [1.165, 1.54) is 41.1 Å². The van der Waals surface area contributed by atoms with Crippen LogP contribution >= 0.6 is 22.9 Å². The van der Waals surface area contributed by atoms with Gasteiger partial charge in [-0.15, -0.1) is 16.2 Å². The first kappa shape index (κ1) is 24.4. The van der Waals surface area contributed by atoms with Gasteiger partial charge in [0.05, 0.1) is 5.02 Å². The van der Waals surface area contributed by atoms with Gasteiger partial charge in [-0.1, -0.05) is 11.6 Å². The number of amides is 2. The lowest BCUT2D eigenvalue weighted by atomic mass is 10.1. The number of sulfonamides is 1. The smallest absolute Gasteiger partial charge is 0.333 e. The minimum Gasteiger partial charge on any atom is -0.388 e. The summed E-state index contributed by atoms with van der Waals surface area (Å²) in [7, 11) is -2.37. The predicted octanol–water partition coefficient (Wildman–Crippen LogP) is 4.96. The van der Waals surface area contributed by atoms with Crippen LogP contribution in [-0.4, -0.2) is 26.1 Å². The molecule has 0 saturated heterocycles. The molecule has 180 valence electrons. The quantitative estimate of drug-likeness (QED) is 0.300. The van der Waals surface area contributed by atoms with Gasteiger partial charge in [0.1, 0.15) is 9.90 Å². The molecule has 0 aliphatic heterocycles. The largest absolute Gasteiger partial charge is 0.388 e. The van der Waals surface area contributed by atoms with E-state index in [1.54, 1.807) is 32.2 Å². The Balaban J connectivity index is 1.57. The van der Waals surface area contributed by atoms with Crippen LogP contribution in [-0.2, 0) is 10.0 Å². The fourth-order valence-electron chi connectivity index (χ4n) is 3.34. The van der Waals surface area contributed by atoms with Gasteiger partial charge >= 0.3 is 6.03 Å². The van der Waals surface area contributed by atoms with E-state index < -0.39 is 16.1 Å². The Morgan fingerprint density at radius 2 is 1.74 bits per heavy atom. The van der Waals surface area contributed by atoms with Gasteiger partial charge < -0.3 is 10.6 Å². The monoisotopic (exact) mass is 531 g/mol. The number of aryl methyl sites for hydroxylation is 1. The Bertz CT molecular complexity index is 1610. The van der Waals surface area contributed by atoms with Crippen molar-refractivity contribution >= 4 is 66.8 Å². The molecule has 2 aromatic carbocycles. The number of hydrogen-bond acceptors (Lipinski definition) is 8. The standard InChI is InChI=1S/C22H18ClN5O5S2/c1-12-18(23)10-20(34-12)35(32,33)27-22(30)25-13-3-6-15(7-4-13)28-11-19(26-31)17-9-14(24-2)5-8-16(17)21(28)29/h3-11,24H,1-2H3,(H2,25,27,30). The van der Waals surface area contributed by atoms with Crippen molar-refractivity contribution in [1.82, 2.24) is 9.29 Å². The minimum atomic E-state index is -4.09. The molecule has 0 unspecified atom stereocenters. The lowest BCUT2D eigenvalue weighted by Crippen LogP contribution is -2.33. The normalized spacial score (nSPS) is 11.3. The highest BCUT2D eigenvalue weighted by atomic mass is 35.5. The average molecular weight is 532 g/mol. The first-order valence-corrected chi connectivity index (χ1v) is 12.7. The van der Waals surface area contributed by atoms with Crippen LogP contribution in [0.1, 0.15) is 4.88 Å². The molecule has 2 heterocycles. The van der Waals surface area contributed by atoms with E-state index in [4.69, 9.17) is 11.6 Å². The number of halogens is 1. The predicted molar refractivity (Wildman–Crippen MR) is 138 cm³/mol. The number of aromatic nitrogens is 1. The number of carbonyl (C=O) groups is 1. The van der Waals surface area contributed by atoms with Crippen molar-refractivity contribution in [2.24, 2.45) is 5.18 Å². The lowest BCUT2D eigenvalue weighted by molar-refractivity contribution is 0.256. The van der Waals surface area contributed by atoms with Crippen molar-refractivity contribution in [1.29, 1.82) is 0 Å². The zero-order chi connectivity index (χ0) is 25.3. The van der Waals surface area contributed by atoms with Crippen LogP contribution in [0.25, 0.3) is 16.5 Å². The maximum absolute atomic E-state index is 13.0. The summed E-state index contributed by atoms with van der Waals surface area (Å²) in [6, 6.07) is 11.4. The van der Waals surface area contributed by atoms with Crippen LogP contribution in [0.2, 0.25) is 5.02 Å². The van der Waals surface area contributed by atoms with Crippen molar-refractivity contribution in [2.75, 3.05) is 17.7 Å². The number of benzene rings is 2. The van der Waals surface area contributed by atoms with Crippen molar-refractivity contribution in [2.45, 2.75) is 11.1 Å². The number of carbonyl (C=O) groups excluding carboxylic acids is 1. The third-order valence-corrected chi connectivity index (χ3v) is 8.47. The van der Waals surface area contributed by atoms with Crippen LogP contribution in [0.15, 0.2) is 68.9 Å². The van der Waals surface area contributed by atoms with E-state index in [-0.39, 0.29) is 21.1 Å². The Hall–Kier alpha value is -3.74. The van der Waals surface area contributed by atoms with E-state index in [1.807, 2.05) is 4.72 Å². The second kappa shape index (κ2) is 9.49. The number of anilines is 2. The molecule has 2 amide bonds. The Kier molecular flexibility index (Phi) is 6.61. The SMILES string of the molecule is CNc1ccc2c(=O)n(-c3ccc(NC(=O)NS(=O)(=O)c4cc(Cl)c(C)s4)cc3)cc(N=O)c2c1. The Morgan fingerprint density at radius 3 is 2.34 bits per heavy atom. The first-order chi connectivity index (χ1) is 16.6. The summed E-state index contributed by atoms with van der Waals surface area (Å²) in [4.78, 5) is 37.3. The summed E-state index contributed by atoms with van der Waals surface area (Å²) in [5.41, 5.74) is 1.16. The fraction of sp³-hybridized carbons (Fsp3) is 0.0909. The molecule has 0 fully saturated rings. The van der Waals surface area contributed by atoms with E-state index in [9.17, 15) is 22.9 Å².